The van der Waals surface area contributed by atoms with Crippen molar-refractivity contribution in [3.8, 4) is 0 Å². The highest BCUT2D eigenvalue weighted by Crippen LogP contribution is 2.28. The molecule has 0 spiro atoms. The summed E-state index contributed by atoms with van der Waals surface area (Å²) >= 11 is 0. The molecule has 1 aliphatic heterocycles. The maximum atomic E-state index is 12.8. The number of hydrogen-bond acceptors (Lipinski definition) is 2. The first kappa shape index (κ1) is 10.9. The summed E-state index contributed by atoms with van der Waals surface area (Å²) in [5.41, 5.74) is 0. The van der Waals surface area contributed by atoms with Crippen molar-refractivity contribution in [2.45, 2.75) is 44.8 Å². The summed E-state index contributed by atoms with van der Waals surface area (Å²) in [6.07, 6.45) is 0.0469. The van der Waals surface area contributed by atoms with Crippen LogP contribution in [0.25, 0.3) is 0 Å². The number of hydrogen-bond donors (Lipinski definition) is 1. The van der Waals surface area contributed by atoms with Gasteiger partial charge < -0.3 is 5.11 Å². The SMILES string of the molecule is CCC(O)C(C)N1CCC(F)(F)C1. The van der Waals surface area contributed by atoms with E-state index in [0.29, 0.717) is 13.0 Å². The van der Waals surface area contributed by atoms with Crippen molar-refractivity contribution in [1.29, 1.82) is 0 Å². The highest BCUT2D eigenvalue weighted by Gasteiger charge is 2.40. The topological polar surface area (TPSA) is 23.5 Å². The monoisotopic (exact) mass is 193 g/mol. The van der Waals surface area contributed by atoms with Gasteiger partial charge >= 0.3 is 0 Å². The summed E-state index contributed by atoms with van der Waals surface area (Å²) in [5.74, 6) is -2.55. The molecule has 0 radical (unpaired) electrons. The Balaban J connectivity index is 2.46. The van der Waals surface area contributed by atoms with Gasteiger partial charge in [0.1, 0.15) is 0 Å². The van der Waals surface area contributed by atoms with E-state index in [4.69, 9.17) is 0 Å². The molecule has 1 heterocycles. The first-order valence-corrected chi connectivity index (χ1v) is 4.76. The largest absolute Gasteiger partial charge is 0.392 e. The lowest BCUT2D eigenvalue weighted by molar-refractivity contribution is -0.00353. The van der Waals surface area contributed by atoms with Gasteiger partial charge in [-0.2, -0.15) is 0 Å². The van der Waals surface area contributed by atoms with Gasteiger partial charge in [0.25, 0.3) is 5.92 Å². The van der Waals surface area contributed by atoms with Gasteiger partial charge in [0, 0.05) is 19.0 Å². The molecular weight excluding hydrogens is 176 g/mol. The van der Waals surface area contributed by atoms with Crippen molar-refractivity contribution in [1.82, 2.24) is 4.90 Å². The van der Waals surface area contributed by atoms with Gasteiger partial charge in [0.15, 0.2) is 0 Å². The van der Waals surface area contributed by atoms with Crippen molar-refractivity contribution < 1.29 is 13.9 Å². The van der Waals surface area contributed by atoms with Gasteiger partial charge in [0.05, 0.1) is 12.6 Å². The lowest BCUT2D eigenvalue weighted by Gasteiger charge is -2.27. The molecule has 0 aliphatic carbocycles. The minimum absolute atomic E-state index is 0.0756. The molecule has 1 rings (SSSR count). The molecule has 1 aliphatic rings. The average molecular weight is 193 g/mol. The van der Waals surface area contributed by atoms with E-state index < -0.39 is 12.0 Å². The third-order valence-corrected chi connectivity index (χ3v) is 2.75. The van der Waals surface area contributed by atoms with Crippen LogP contribution >= 0.6 is 0 Å². The standard InChI is InChI=1S/C9H17F2NO/c1-3-8(13)7(2)12-5-4-9(10,11)6-12/h7-8,13H,3-6H2,1-2H3. The summed E-state index contributed by atoms with van der Waals surface area (Å²) in [4.78, 5) is 1.66. The molecule has 13 heavy (non-hydrogen) atoms. The Morgan fingerprint density at radius 1 is 1.54 bits per heavy atom. The Morgan fingerprint density at radius 3 is 2.54 bits per heavy atom. The Bertz CT molecular complexity index is 175. The molecular formula is C9H17F2NO. The van der Waals surface area contributed by atoms with E-state index in [2.05, 4.69) is 0 Å². The van der Waals surface area contributed by atoms with E-state index in [1.165, 1.54) is 0 Å². The summed E-state index contributed by atoms with van der Waals surface area (Å²) in [5, 5.41) is 9.47. The molecule has 1 N–H and O–H groups in total. The number of aliphatic hydroxyl groups is 1. The molecule has 1 fully saturated rings. The minimum atomic E-state index is -2.55. The van der Waals surface area contributed by atoms with Crippen LogP contribution < -0.4 is 0 Å². The number of halogens is 2. The lowest BCUT2D eigenvalue weighted by atomic mass is 10.1. The molecule has 1 saturated heterocycles. The predicted octanol–water partition coefficient (Wildman–Crippen LogP) is 1.49. The third kappa shape index (κ3) is 2.61. The smallest absolute Gasteiger partial charge is 0.261 e. The third-order valence-electron chi connectivity index (χ3n) is 2.75. The number of aliphatic hydroxyl groups excluding tert-OH is 1. The summed E-state index contributed by atoms with van der Waals surface area (Å²) in [6, 6.07) is -0.154. The predicted molar refractivity (Wildman–Crippen MR) is 46.9 cm³/mol. The molecule has 2 nitrogen and oxygen atoms in total. The normalized spacial score (nSPS) is 27.5. The van der Waals surface area contributed by atoms with Crippen molar-refractivity contribution in [2.24, 2.45) is 0 Å². The van der Waals surface area contributed by atoms with Gasteiger partial charge in [-0.3, -0.25) is 4.90 Å². The van der Waals surface area contributed by atoms with Crippen LogP contribution in [0, 0.1) is 0 Å². The number of rotatable bonds is 3. The van der Waals surface area contributed by atoms with Crippen LogP contribution in [0.1, 0.15) is 26.7 Å². The molecule has 0 aromatic carbocycles. The lowest BCUT2D eigenvalue weighted by Crippen LogP contribution is -2.41. The second kappa shape index (κ2) is 3.88. The first-order chi connectivity index (χ1) is 5.96. The quantitative estimate of drug-likeness (QED) is 0.734. The van der Waals surface area contributed by atoms with Gasteiger partial charge in [-0.1, -0.05) is 6.92 Å². The van der Waals surface area contributed by atoms with E-state index in [9.17, 15) is 13.9 Å². The zero-order valence-electron chi connectivity index (χ0n) is 8.13. The zero-order valence-corrected chi connectivity index (χ0v) is 8.13. The van der Waals surface area contributed by atoms with Crippen LogP contribution in [0.3, 0.4) is 0 Å². The van der Waals surface area contributed by atoms with Crippen LogP contribution in [0.4, 0.5) is 8.78 Å². The molecule has 0 aromatic heterocycles. The van der Waals surface area contributed by atoms with Crippen molar-refractivity contribution in [3.63, 3.8) is 0 Å². The van der Waals surface area contributed by atoms with Crippen molar-refractivity contribution in [3.05, 3.63) is 0 Å². The second-order valence-corrected chi connectivity index (χ2v) is 3.79. The molecule has 2 unspecified atom stereocenters. The maximum absolute atomic E-state index is 12.8. The van der Waals surface area contributed by atoms with Crippen LogP contribution in [0.15, 0.2) is 0 Å². The minimum Gasteiger partial charge on any atom is -0.392 e. The van der Waals surface area contributed by atoms with Crippen molar-refractivity contribution in [2.75, 3.05) is 13.1 Å². The fourth-order valence-electron chi connectivity index (χ4n) is 1.69. The van der Waals surface area contributed by atoms with Crippen LogP contribution in [-0.4, -0.2) is 41.2 Å². The van der Waals surface area contributed by atoms with Crippen LogP contribution in [0.5, 0.6) is 0 Å². The molecule has 2 atom stereocenters. The van der Waals surface area contributed by atoms with Gasteiger partial charge in [-0.05, 0) is 13.3 Å². The summed E-state index contributed by atoms with van der Waals surface area (Å²) in [6.45, 7) is 3.85. The molecule has 0 saturated carbocycles. The van der Waals surface area contributed by atoms with E-state index in [1.54, 1.807) is 11.8 Å². The molecule has 0 aromatic rings. The highest BCUT2D eigenvalue weighted by molar-refractivity contribution is 4.86. The van der Waals surface area contributed by atoms with E-state index >= 15 is 0 Å². The maximum Gasteiger partial charge on any atom is 0.261 e. The fraction of sp³-hybridized carbons (Fsp3) is 1.00. The van der Waals surface area contributed by atoms with E-state index in [1.807, 2.05) is 6.92 Å². The summed E-state index contributed by atoms with van der Waals surface area (Å²) in [7, 11) is 0. The van der Waals surface area contributed by atoms with Crippen molar-refractivity contribution >= 4 is 0 Å². The van der Waals surface area contributed by atoms with Gasteiger partial charge in [-0.25, -0.2) is 8.78 Å². The Hall–Kier alpha value is -0.220. The fourth-order valence-corrected chi connectivity index (χ4v) is 1.69. The number of likely N-dealkylation sites (tertiary alicyclic amines) is 1. The summed E-state index contributed by atoms with van der Waals surface area (Å²) < 4.78 is 25.6. The Morgan fingerprint density at radius 2 is 2.15 bits per heavy atom. The highest BCUT2D eigenvalue weighted by atomic mass is 19.3. The Kier molecular flexibility index (Phi) is 3.24. The van der Waals surface area contributed by atoms with Crippen LogP contribution in [-0.2, 0) is 0 Å². The molecule has 4 heteroatoms. The van der Waals surface area contributed by atoms with E-state index in [0.717, 1.165) is 0 Å². The average Bonchev–Trinajstić information content (AvgIpc) is 2.43. The molecule has 0 amide bonds. The number of nitrogens with zero attached hydrogens (tertiary/aromatic N) is 1. The first-order valence-electron chi connectivity index (χ1n) is 4.76. The second-order valence-electron chi connectivity index (χ2n) is 3.79. The van der Waals surface area contributed by atoms with Gasteiger partial charge in [-0.15, -0.1) is 0 Å². The zero-order chi connectivity index (χ0) is 10.1. The van der Waals surface area contributed by atoms with Crippen LogP contribution in [0.2, 0.25) is 0 Å². The molecule has 78 valence electrons. The van der Waals surface area contributed by atoms with E-state index in [-0.39, 0.29) is 19.0 Å². The number of alkyl halides is 2. The van der Waals surface area contributed by atoms with Gasteiger partial charge in [0.2, 0.25) is 0 Å². The Labute approximate surface area is 77.5 Å². The molecule has 0 bridgehead atoms.